The third-order valence-corrected chi connectivity index (χ3v) is 6.16. The molecule has 1 aliphatic heterocycles. The second-order valence-corrected chi connectivity index (χ2v) is 8.52. The summed E-state index contributed by atoms with van der Waals surface area (Å²) in [7, 11) is 0. The number of anilines is 1. The highest BCUT2D eigenvalue weighted by Gasteiger charge is 2.47. The van der Waals surface area contributed by atoms with E-state index in [0.29, 0.717) is 23.6 Å². The van der Waals surface area contributed by atoms with Crippen LogP contribution in [0.1, 0.15) is 40.9 Å². The van der Waals surface area contributed by atoms with Crippen LogP contribution in [0.3, 0.4) is 0 Å². The van der Waals surface area contributed by atoms with Gasteiger partial charge in [0.05, 0.1) is 0 Å². The first-order valence-electron chi connectivity index (χ1n) is 10.5. The van der Waals surface area contributed by atoms with Gasteiger partial charge < -0.3 is 5.32 Å². The van der Waals surface area contributed by atoms with Crippen LogP contribution in [0.2, 0.25) is 5.02 Å². The number of amides is 2. The van der Waals surface area contributed by atoms with Crippen molar-refractivity contribution in [3.05, 3.63) is 100 Å². The summed E-state index contributed by atoms with van der Waals surface area (Å²) in [6.45, 7) is 4.28. The SMILES string of the molecule is CCc1cccc(N2C(=O)c3ccccc3CC2(C)C(=O)NCc2ccc(Cl)cc2)c1. The number of hydrogen-bond acceptors (Lipinski definition) is 2. The van der Waals surface area contributed by atoms with E-state index in [-0.39, 0.29) is 11.8 Å². The first-order valence-corrected chi connectivity index (χ1v) is 10.8. The van der Waals surface area contributed by atoms with Gasteiger partial charge in [-0.15, -0.1) is 0 Å². The van der Waals surface area contributed by atoms with Gasteiger partial charge >= 0.3 is 0 Å². The molecule has 0 saturated carbocycles. The summed E-state index contributed by atoms with van der Waals surface area (Å²) >= 11 is 5.96. The Morgan fingerprint density at radius 2 is 1.77 bits per heavy atom. The maximum Gasteiger partial charge on any atom is 0.259 e. The molecular weight excluding hydrogens is 408 g/mol. The molecule has 0 aromatic heterocycles. The summed E-state index contributed by atoms with van der Waals surface area (Å²) < 4.78 is 0. The second-order valence-electron chi connectivity index (χ2n) is 8.08. The predicted molar refractivity (Wildman–Crippen MR) is 124 cm³/mol. The standard InChI is InChI=1S/C26H25ClN2O2/c1-3-18-7-6-9-22(15-18)29-24(30)23-10-5-4-8-20(23)16-26(29,2)25(31)28-17-19-11-13-21(27)14-12-19/h4-15H,3,16-17H2,1-2H3,(H,28,31). The molecule has 4 rings (SSSR count). The minimum Gasteiger partial charge on any atom is -0.350 e. The van der Waals surface area contributed by atoms with E-state index in [9.17, 15) is 9.59 Å². The van der Waals surface area contributed by atoms with Crippen LogP contribution in [-0.4, -0.2) is 17.4 Å². The zero-order valence-electron chi connectivity index (χ0n) is 17.7. The van der Waals surface area contributed by atoms with Crippen molar-refractivity contribution in [3.8, 4) is 0 Å². The Morgan fingerprint density at radius 1 is 1.03 bits per heavy atom. The molecule has 158 valence electrons. The molecule has 1 unspecified atom stereocenters. The highest BCUT2D eigenvalue weighted by molar-refractivity contribution is 6.30. The number of rotatable bonds is 5. The molecule has 1 N–H and O–H groups in total. The lowest BCUT2D eigenvalue weighted by atomic mass is 9.82. The molecule has 0 saturated heterocycles. The average molecular weight is 433 g/mol. The summed E-state index contributed by atoms with van der Waals surface area (Å²) in [4.78, 5) is 28.8. The molecule has 31 heavy (non-hydrogen) atoms. The van der Waals surface area contributed by atoms with Crippen LogP contribution in [0.15, 0.2) is 72.8 Å². The minimum atomic E-state index is -1.05. The Bertz CT molecular complexity index is 1130. The van der Waals surface area contributed by atoms with Crippen molar-refractivity contribution in [2.75, 3.05) is 4.90 Å². The second kappa shape index (κ2) is 8.56. The van der Waals surface area contributed by atoms with Crippen LogP contribution in [0.4, 0.5) is 5.69 Å². The zero-order valence-corrected chi connectivity index (χ0v) is 18.4. The van der Waals surface area contributed by atoms with Crippen molar-refractivity contribution < 1.29 is 9.59 Å². The number of carbonyl (C=O) groups is 2. The third-order valence-electron chi connectivity index (χ3n) is 5.91. The quantitative estimate of drug-likeness (QED) is 0.603. The normalized spacial score (nSPS) is 17.9. The van der Waals surface area contributed by atoms with E-state index in [4.69, 9.17) is 11.6 Å². The van der Waals surface area contributed by atoms with Gasteiger partial charge in [-0.25, -0.2) is 0 Å². The molecule has 5 heteroatoms. The number of hydrogen-bond donors (Lipinski definition) is 1. The summed E-state index contributed by atoms with van der Waals surface area (Å²) in [5.74, 6) is -0.341. The summed E-state index contributed by atoms with van der Waals surface area (Å²) in [5, 5.41) is 3.68. The molecule has 3 aromatic rings. The molecule has 1 heterocycles. The molecular formula is C26H25ClN2O2. The molecule has 0 bridgehead atoms. The van der Waals surface area contributed by atoms with E-state index in [0.717, 1.165) is 28.8 Å². The van der Waals surface area contributed by atoms with Crippen LogP contribution >= 0.6 is 11.6 Å². The van der Waals surface area contributed by atoms with Crippen molar-refractivity contribution in [2.45, 2.75) is 38.8 Å². The van der Waals surface area contributed by atoms with Crippen molar-refractivity contribution in [2.24, 2.45) is 0 Å². The van der Waals surface area contributed by atoms with E-state index in [2.05, 4.69) is 12.2 Å². The lowest BCUT2D eigenvalue weighted by molar-refractivity contribution is -0.126. The smallest absolute Gasteiger partial charge is 0.259 e. The largest absolute Gasteiger partial charge is 0.350 e. The third kappa shape index (κ3) is 4.08. The van der Waals surface area contributed by atoms with Gasteiger partial charge in [0.15, 0.2) is 0 Å². The van der Waals surface area contributed by atoms with Crippen LogP contribution in [0.5, 0.6) is 0 Å². The fourth-order valence-corrected chi connectivity index (χ4v) is 4.28. The van der Waals surface area contributed by atoms with Gasteiger partial charge in [0.2, 0.25) is 5.91 Å². The van der Waals surface area contributed by atoms with Gasteiger partial charge in [0, 0.05) is 29.2 Å². The number of carbonyl (C=O) groups excluding carboxylic acids is 2. The van der Waals surface area contributed by atoms with E-state index in [1.54, 1.807) is 17.0 Å². The van der Waals surface area contributed by atoms with Gasteiger partial charge in [-0.3, -0.25) is 14.5 Å². The highest BCUT2D eigenvalue weighted by Crippen LogP contribution is 2.36. The average Bonchev–Trinajstić information content (AvgIpc) is 2.78. The number of benzene rings is 3. The van der Waals surface area contributed by atoms with Crippen LogP contribution in [0, 0.1) is 0 Å². The summed E-state index contributed by atoms with van der Waals surface area (Å²) in [6, 6.07) is 22.8. The van der Waals surface area contributed by atoms with Crippen molar-refractivity contribution >= 4 is 29.1 Å². The van der Waals surface area contributed by atoms with Crippen LogP contribution < -0.4 is 10.2 Å². The Kier molecular flexibility index (Phi) is 5.84. The maximum absolute atomic E-state index is 13.6. The van der Waals surface area contributed by atoms with Gasteiger partial charge in [0.1, 0.15) is 5.54 Å². The Morgan fingerprint density at radius 3 is 2.52 bits per heavy atom. The van der Waals surface area contributed by atoms with Gasteiger partial charge in [-0.05, 0) is 60.4 Å². The molecule has 0 radical (unpaired) electrons. The monoisotopic (exact) mass is 432 g/mol. The molecule has 3 aromatic carbocycles. The molecule has 1 aliphatic rings. The summed E-state index contributed by atoms with van der Waals surface area (Å²) in [6.07, 6.45) is 1.30. The maximum atomic E-state index is 13.6. The Labute approximate surface area is 187 Å². The van der Waals surface area contributed by atoms with Crippen molar-refractivity contribution in [1.29, 1.82) is 0 Å². The Hall–Kier alpha value is -3.11. The highest BCUT2D eigenvalue weighted by atomic mass is 35.5. The van der Waals surface area contributed by atoms with E-state index in [1.165, 1.54) is 0 Å². The van der Waals surface area contributed by atoms with Crippen LogP contribution in [-0.2, 0) is 24.2 Å². The van der Waals surface area contributed by atoms with Crippen molar-refractivity contribution in [1.82, 2.24) is 5.32 Å². The fourth-order valence-electron chi connectivity index (χ4n) is 4.15. The fraction of sp³-hybridized carbons (Fsp3) is 0.231. The first-order chi connectivity index (χ1) is 14.9. The van der Waals surface area contributed by atoms with E-state index >= 15 is 0 Å². The molecule has 0 aliphatic carbocycles. The Balaban J connectivity index is 1.71. The predicted octanol–water partition coefficient (Wildman–Crippen LogP) is 5.18. The molecule has 0 fully saturated rings. The first kappa shape index (κ1) is 21.1. The lowest BCUT2D eigenvalue weighted by Gasteiger charge is -2.44. The lowest BCUT2D eigenvalue weighted by Crippen LogP contribution is -2.63. The molecule has 4 nitrogen and oxygen atoms in total. The van der Waals surface area contributed by atoms with E-state index < -0.39 is 5.54 Å². The minimum absolute atomic E-state index is 0.153. The number of halogens is 1. The van der Waals surface area contributed by atoms with Gasteiger partial charge in [0.25, 0.3) is 5.91 Å². The van der Waals surface area contributed by atoms with Crippen molar-refractivity contribution in [3.63, 3.8) is 0 Å². The molecule has 0 spiro atoms. The molecule has 1 atom stereocenters. The summed E-state index contributed by atoms with van der Waals surface area (Å²) in [5.41, 5.74) is 3.29. The topological polar surface area (TPSA) is 49.4 Å². The number of nitrogens with zero attached hydrogens (tertiary/aromatic N) is 1. The van der Waals surface area contributed by atoms with E-state index in [1.807, 2.05) is 67.6 Å². The number of aryl methyl sites for hydroxylation is 1. The van der Waals surface area contributed by atoms with Gasteiger partial charge in [-0.2, -0.15) is 0 Å². The number of fused-ring (bicyclic) bond motifs is 1. The van der Waals surface area contributed by atoms with Gasteiger partial charge in [-0.1, -0.05) is 61.0 Å². The van der Waals surface area contributed by atoms with Crippen LogP contribution in [0.25, 0.3) is 0 Å². The zero-order chi connectivity index (χ0) is 22.0. The number of nitrogens with one attached hydrogen (secondary N) is 1. The molecule has 2 amide bonds.